The second-order valence-electron chi connectivity index (χ2n) is 12.9. The van der Waals surface area contributed by atoms with Gasteiger partial charge in [-0.1, -0.05) is 30.3 Å². The third-order valence-corrected chi connectivity index (χ3v) is 10.2. The van der Waals surface area contributed by atoms with Crippen LogP contribution in [0.1, 0.15) is 71.4 Å². The highest BCUT2D eigenvalue weighted by molar-refractivity contribution is 5.39. The Morgan fingerprint density at radius 3 is 1.80 bits per heavy atom. The van der Waals surface area contributed by atoms with E-state index in [2.05, 4.69) is 46.2 Å². The van der Waals surface area contributed by atoms with E-state index in [0.29, 0.717) is 12.1 Å². The molecule has 4 aromatic rings. The van der Waals surface area contributed by atoms with Crippen molar-refractivity contribution in [3.05, 3.63) is 121 Å². The van der Waals surface area contributed by atoms with Crippen molar-refractivity contribution in [2.45, 2.75) is 76.8 Å². The molecule has 240 valence electrons. The number of ether oxygens (including phenoxy) is 1. The van der Waals surface area contributed by atoms with Crippen LogP contribution in [0.4, 0.5) is 0 Å². The van der Waals surface area contributed by atoms with Crippen molar-refractivity contribution < 1.29 is 14.9 Å². The summed E-state index contributed by atoms with van der Waals surface area (Å²) in [4.78, 5) is 28.4. The zero-order chi connectivity index (χ0) is 31.8. The third-order valence-electron chi connectivity index (χ3n) is 10.2. The number of methoxy groups -OCH3 is 1. The SMILES string of the molecule is COc1ccc2c(c1)C(N1CCn3cc(O)c(=O)cc3C1)CCC2.O=c1cc2n(cc1O)CCN(C1CCCc3ccccc31)C2. The van der Waals surface area contributed by atoms with Crippen LogP contribution in [0.3, 0.4) is 0 Å². The molecule has 2 aliphatic carbocycles. The Bertz CT molecular complexity index is 1860. The number of benzene rings is 2. The maximum absolute atomic E-state index is 11.8. The molecule has 0 radical (unpaired) electrons. The van der Waals surface area contributed by atoms with Gasteiger partial charge in [0.15, 0.2) is 11.5 Å². The molecule has 2 aromatic carbocycles. The number of aromatic hydroxyl groups is 2. The number of nitrogens with zero attached hydrogens (tertiary/aromatic N) is 4. The van der Waals surface area contributed by atoms with Gasteiger partial charge in [-0.3, -0.25) is 19.4 Å². The topological polar surface area (TPSA) is 100 Å². The number of hydrogen-bond donors (Lipinski definition) is 2. The van der Waals surface area contributed by atoms with Gasteiger partial charge in [-0.2, -0.15) is 0 Å². The molecule has 0 amide bonds. The molecule has 0 saturated carbocycles. The first kappa shape index (κ1) is 30.3. The van der Waals surface area contributed by atoms with E-state index in [0.717, 1.165) is 69.2 Å². The second-order valence-corrected chi connectivity index (χ2v) is 12.9. The highest BCUT2D eigenvalue weighted by Crippen LogP contribution is 2.38. The Morgan fingerprint density at radius 2 is 1.22 bits per heavy atom. The molecule has 2 aliphatic heterocycles. The fourth-order valence-corrected chi connectivity index (χ4v) is 7.84. The summed E-state index contributed by atoms with van der Waals surface area (Å²) >= 11 is 0. The number of aryl methyl sites for hydroxylation is 2. The summed E-state index contributed by atoms with van der Waals surface area (Å²) in [6.07, 6.45) is 10.1. The highest BCUT2D eigenvalue weighted by Gasteiger charge is 2.30. The Hall–Kier alpha value is -4.34. The van der Waals surface area contributed by atoms with Crippen molar-refractivity contribution in [3.8, 4) is 17.2 Å². The van der Waals surface area contributed by atoms with E-state index in [1.54, 1.807) is 31.6 Å². The van der Waals surface area contributed by atoms with Crippen LogP contribution in [0.15, 0.2) is 76.6 Å². The van der Waals surface area contributed by atoms with Gasteiger partial charge in [0, 0.05) is 74.9 Å². The molecule has 0 fully saturated rings. The van der Waals surface area contributed by atoms with Crippen molar-refractivity contribution in [1.82, 2.24) is 18.9 Å². The summed E-state index contributed by atoms with van der Waals surface area (Å²) in [5.74, 6) is 0.583. The molecule has 2 N–H and O–H groups in total. The van der Waals surface area contributed by atoms with E-state index in [4.69, 9.17) is 4.74 Å². The summed E-state index contributed by atoms with van der Waals surface area (Å²) in [7, 11) is 1.70. The van der Waals surface area contributed by atoms with Gasteiger partial charge in [0.1, 0.15) is 5.75 Å². The molecule has 2 atom stereocenters. The standard InChI is InChI=1S/C19H22N2O3.C18H20N2O2/c1-24-15-6-5-13-3-2-4-17(16(13)10-15)21-8-7-20-12-19(23)18(22)9-14(20)11-21;21-17-10-14-11-20(9-8-19(14)12-18(17)22)16-7-3-5-13-4-1-2-6-15(13)16/h5-6,9-10,12,17,23H,2-4,7-8,11H2,1H3;1-2,4,6,10,12,16,22H,3,5,7-9,11H2. The Balaban J connectivity index is 0.000000147. The van der Waals surface area contributed by atoms with Crippen molar-refractivity contribution >= 4 is 0 Å². The molecule has 2 unspecified atom stereocenters. The molecule has 0 spiro atoms. The monoisotopic (exact) mass is 622 g/mol. The number of pyridine rings is 2. The molecule has 9 nitrogen and oxygen atoms in total. The largest absolute Gasteiger partial charge is 0.503 e. The van der Waals surface area contributed by atoms with Crippen LogP contribution < -0.4 is 15.6 Å². The Morgan fingerprint density at radius 1 is 0.674 bits per heavy atom. The first-order valence-electron chi connectivity index (χ1n) is 16.5. The van der Waals surface area contributed by atoms with Crippen LogP contribution in [0.25, 0.3) is 0 Å². The van der Waals surface area contributed by atoms with Crippen LogP contribution in [0.2, 0.25) is 0 Å². The molecule has 4 aliphatic rings. The highest BCUT2D eigenvalue weighted by atomic mass is 16.5. The molecule has 4 heterocycles. The van der Waals surface area contributed by atoms with Gasteiger partial charge in [0.2, 0.25) is 10.9 Å². The molecule has 2 aromatic heterocycles. The summed E-state index contributed by atoms with van der Waals surface area (Å²) in [6.45, 7) is 4.98. The number of fused-ring (bicyclic) bond motifs is 4. The van der Waals surface area contributed by atoms with Gasteiger partial charge in [-0.25, -0.2) is 0 Å². The van der Waals surface area contributed by atoms with Gasteiger partial charge in [-0.15, -0.1) is 0 Å². The quantitative estimate of drug-likeness (QED) is 0.335. The summed E-state index contributed by atoms with van der Waals surface area (Å²) < 4.78 is 9.40. The average Bonchev–Trinajstić information content (AvgIpc) is 3.08. The minimum absolute atomic E-state index is 0.153. The fourth-order valence-electron chi connectivity index (χ4n) is 7.84. The molecule has 0 saturated heterocycles. The van der Waals surface area contributed by atoms with Crippen LogP contribution >= 0.6 is 0 Å². The maximum atomic E-state index is 11.8. The van der Waals surface area contributed by atoms with Crippen molar-refractivity contribution in [3.63, 3.8) is 0 Å². The van der Waals surface area contributed by atoms with Crippen LogP contribution in [-0.4, -0.2) is 49.3 Å². The zero-order valence-electron chi connectivity index (χ0n) is 26.4. The predicted molar refractivity (Wildman–Crippen MR) is 176 cm³/mol. The first-order chi connectivity index (χ1) is 22.4. The average molecular weight is 623 g/mol. The fraction of sp³-hybridized carbons (Fsp3) is 0.405. The smallest absolute Gasteiger partial charge is 0.223 e. The lowest BCUT2D eigenvalue weighted by Gasteiger charge is -2.39. The Labute approximate surface area is 268 Å². The zero-order valence-corrected chi connectivity index (χ0v) is 26.4. The van der Waals surface area contributed by atoms with E-state index in [-0.39, 0.29) is 22.4 Å². The lowest BCUT2D eigenvalue weighted by Crippen LogP contribution is -2.38. The summed E-state index contributed by atoms with van der Waals surface area (Å²) in [5.41, 5.74) is 7.06. The van der Waals surface area contributed by atoms with Crippen molar-refractivity contribution in [2.75, 3.05) is 20.2 Å². The number of hydrogen-bond acceptors (Lipinski definition) is 7. The molecule has 46 heavy (non-hydrogen) atoms. The predicted octanol–water partition coefficient (Wildman–Crippen LogP) is 4.90. The number of rotatable bonds is 3. The van der Waals surface area contributed by atoms with Gasteiger partial charge < -0.3 is 24.1 Å². The molecule has 0 bridgehead atoms. The minimum Gasteiger partial charge on any atom is -0.503 e. The molecular formula is C37H42N4O5. The van der Waals surface area contributed by atoms with E-state index in [1.807, 2.05) is 15.2 Å². The van der Waals surface area contributed by atoms with Gasteiger partial charge in [0.25, 0.3) is 0 Å². The van der Waals surface area contributed by atoms with E-state index >= 15 is 0 Å². The van der Waals surface area contributed by atoms with Crippen molar-refractivity contribution in [1.29, 1.82) is 0 Å². The van der Waals surface area contributed by atoms with Gasteiger partial charge in [0.05, 0.1) is 19.5 Å². The molecular weight excluding hydrogens is 580 g/mol. The second kappa shape index (κ2) is 12.8. The van der Waals surface area contributed by atoms with E-state index in [9.17, 15) is 19.8 Å². The summed E-state index contributed by atoms with van der Waals surface area (Å²) in [6, 6.07) is 19.1. The molecule has 8 rings (SSSR count). The maximum Gasteiger partial charge on any atom is 0.223 e. The lowest BCUT2D eigenvalue weighted by atomic mass is 9.86. The minimum atomic E-state index is -0.297. The van der Waals surface area contributed by atoms with E-state index in [1.165, 1.54) is 47.9 Å². The summed E-state index contributed by atoms with van der Waals surface area (Å²) in [5, 5.41) is 19.2. The van der Waals surface area contributed by atoms with Crippen LogP contribution in [0.5, 0.6) is 17.2 Å². The van der Waals surface area contributed by atoms with Gasteiger partial charge >= 0.3 is 0 Å². The van der Waals surface area contributed by atoms with Crippen LogP contribution in [-0.2, 0) is 39.0 Å². The van der Waals surface area contributed by atoms with Crippen molar-refractivity contribution in [2.24, 2.45) is 0 Å². The first-order valence-corrected chi connectivity index (χ1v) is 16.5. The lowest BCUT2D eigenvalue weighted by molar-refractivity contribution is 0.139. The molecule has 9 heteroatoms. The van der Waals surface area contributed by atoms with E-state index < -0.39 is 0 Å². The Kier molecular flexibility index (Phi) is 8.44. The van der Waals surface area contributed by atoms with Gasteiger partial charge in [-0.05, 0) is 72.9 Å². The third kappa shape index (κ3) is 5.97. The van der Waals surface area contributed by atoms with Crippen LogP contribution in [0, 0.1) is 0 Å². The number of aromatic nitrogens is 2. The normalized spacial score (nSPS) is 20.7.